The van der Waals surface area contributed by atoms with Crippen LogP contribution < -0.4 is 15.5 Å². The van der Waals surface area contributed by atoms with Crippen molar-refractivity contribution in [3.05, 3.63) is 90.0 Å². The minimum absolute atomic E-state index is 0.0756. The molecule has 1 atom stereocenters. The maximum Gasteiger partial charge on any atom is 0.321 e. The summed E-state index contributed by atoms with van der Waals surface area (Å²) in [7, 11) is 5.85. The summed E-state index contributed by atoms with van der Waals surface area (Å²) in [6, 6.07) is 21.5. The number of carbonyl (C=O) groups excluding carboxylic acids is 1. The molecular weight excluding hydrogens is 486 g/mol. The monoisotopic (exact) mass is 525 g/mol. The summed E-state index contributed by atoms with van der Waals surface area (Å²) in [5.41, 5.74) is 5.50. The number of urea groups is 1. The van der Waals surface area contributed by atoms with E-state index in [4.69, 9.17) is 10.4 Å². The van der Waals surface area contributed by atoms with Gasteiger partial charge in [0.05, 0.1) is 11.2 Å². The number of aromatic nitrogens is 2. The summed E-state index contributed by atoms with van der Waals surface area (Å²) in [6.07, 6.45) is 3.84. The second kappa shape index (κ2) is 12.5. The topological polar surface area (TPSA) is 88.8 Å². The third-order valence-electron chi connectivity index (χ3n) is 6.99. The summed E-state index contributed by atoms with van der Waals surface area (Å²) in [4.78, 5) is 22.1. The highest BCUT2D eigenvalue weighted by Gasteiger charge is 2.29. The molecule has 2 amide bonds. The van der Waals surface area contributed by atoms with Gasteiger partial charge in [0.25, 0.3) is 0 Å². The molecule has 1 aliphatic rings. The minimum Gasteiger partial charge on any atom is -0.388 e. The summed E-state index contributed by atoms with van der Waals surface area (Å²) in [6.45, 7) is 5.29. The van der Waals surface area contributed by atoms with Crippen molar-refractivity contribution in [3.8, 4) is 0 Å². The van der Waals surface area contributed by atoms with Gasteiger partial charge in [-0.3, -0.25) is 5.41 Å². The molecule has 3 heterocycles. The average Bonchev–Trinajstić information content (AvgIpc) is 3.38. The predicted octanol–water partition coefficient (Wildman–Crippen LogP) is 6.30. The van der Waals surface area contributed by atoms with Crippen LogP contribution in [0.4, 0.5) is 21.9 Å². The number of nitrogens with one attached hydrogen (secondary N) is 3. The first kappa shape index (κ1) is 27.7. The number of para-hydroxylation sites is 1. The number of benzene rings is 2. The van der Waals surface area contributed by atoms with Crippen molar-refractivity contribution < 1.29 is 4.79 Å². The molecule has 8 nitrogen and oxygen atoms in total. The molecule has 4 aromatic rings. The van der Waals surface area contributed by atoms with Gasteiger partial charge in [0.15, 0.2) is 0 Å². The highest BCUT2D eigenvalue weighted by atomic mass is 16.2. The Balaban J connectivity index is 0.00000172. The van der Waals surface area contributed by atoms with Gasteiger partial charge in [0.2, 0.25) is 0 Å². The second-order valence-corrected chi connectivity index (χ2v) is 9.60. The Morgan fingerprint density at radius 1 is 1.03 bits per heavy atom. The van der Waals surface area contributed by atoms with Crippen LogP contribution in [0, 0.1) is 5.41 Å². The molecular formula is C31H39N7O. The van der Waals surface area contributed by atoms with Crippen LogP contribution in [0.3, 0.4) is 0 Å². The van der Waals surface area contributed by atoms with Crippen molar-refractivity contribution in [1.82, 2.24) is 14.3 Å². The fraction of sp³-hybridized carbons (Fsp3) is 0.323. The van der Waals surface area contributed by atoms with E-state index >= 15 is 0 Å². The molecule has 39 heavy (non-hydrogen) atoms. The Hall–Kier alpha value is -4.33. The van der Waals surface area contributed by atoms with Crippen molar-refractivity contribution in [2.75, 3.05) is 49.8 Å². The highest BCUT2D eigenvalue weighted by molar-refractivity contribution is 6.16. The molecule has 1 saturated heterocycles. The molecule has 8 heteroatoms. The molecule has 1 unspecified atom stereocenters. The SMILES string of the molecule is CC.CNc1ccccc1C(=N)c1nc(C2CCCN(C(=O)Nc3ccc(N(C)C)cc3)C2)n2ccccc12. The van der Waals surface area contributed by atoms with E-state index in [1.807, 2.05) is 118 Å². The number of carbonyl (C=O) groups is 1. The average molecular weight is 526 g/mol. The van der Waals surface area contributed by atoms with Gasteiger partial charge in [-0.1, -0.05) is 38.1 Å². The fourth-order valence-electron chi connectivity index (χ4n) is 5.00. The van der Waals surface area contributed by atoms with Gasteiger partial charge < -0.3 is 24.8 Å². The summed E-state index contributed by atoms with van der Waals surface area (Å²) >= 11 is 0. The van der Waals surface area contributed by atoms with Gasteiger partial charge in [-0.25, -0.2) is 9.78 Å². The lowest BCUT2D eigenvalue weighted by Gasteiger charge is -2.32. The Bertz CT molecular complexity index is 1420. The second-order valence-electron chi connectivity index (χ2n) is 9.60. The van der Waals surface area contributed by atoms with E-state index < -0.39 is 0 Å². The highest BCUT2D eigenvalue weighted by Crippen LogP contribution is 2.30. The molecule has 204 valence electrons. The zero-order chi connectivity index (χ0) is 27.9. The molecule has 5 rings (SSSR count). The number of piperidine rings is 1. The van der Waals surface area contributed by atoms with Crippen molar-refractivity contribution in [2.45, 2.75) is 32.6 Å². The van der Waals surface area contributed by atoms with E-state index in [1.165, 1.54) is 0 Å². The molecule has 1 aliphatic heterocycles. The lowest BCUT2D eigenvalue weighted by Crippen LogP contribution is -2.42. The van der Waals surface area contributed by atoms with Crippen LogP contribution in [-0.4, -0.2) is 60.3 Å². The number of hydrogen-bond donors (Lipinski definition) is 3. The van der Waals surface area contributed by atoms with Crippen molar-refractivity contribution in [1.29, 1.82) is 5.41 Å². The van der Waals surface area contributed by atoms with Crippen LogP contribution in [0.2, 0.25) is 0 Å². The maximum absolute atomic E-state index is 13.1. The molecule has 3 N–H and O–H groups in total. The minimum atomic E-state index is -0.0981. The van der Waals surface area contributed by atoms with E-state index in [1.54, 1.807) is 0 Å². The van der Waals surface area contributed by atoms with E-state index in [-0.39, 0.29) is 11.9 Å². The third kappa shape index (κ3) is 5.90. The van der Waals surface area contributed by atoms with E-state index in [0.29, 0.717) is 24.5 Å². The molecule has 0 spiro atoms. The zero-order valence-corrected chi connectivity index (χ0v) is 23.5. The number of rotatable bonds is 6. The lowest BCUT2D eigenvalue weighted by atomic mass is 9.97. The first-order valence-corrected chi connectivity index (χ1v) is 13.6. The molecule has 2 aromatic heterocycles. The van der Waals surface area contributed by atoms with Gasteiger partial charge >= 0.3 is 6.03 Å². The van der Waals surface area contributed by atoms with Crippen LogP contribution in [-0.2, 0) is 0 Å². The number of fused-ring (bicyclic) bond motifs is 1. The van der Waals surface area contributed by atoms with Crippen molar-refractivity contribution >= 4 is 34.3 Å². The molecule has 2 aromatic carbocycles. The predicted molar refractivity (Wildman–Crippen MR) is 162 cm³/mol. The number of pyridine rings is 1. The number of likely N-dealkylation sites (tertiary alicyclic amines) is 1. The van der Waals surface area contributed by atoms with E-state index in [2.05, 4.69) is 15.0 Å². The Kier molecular flexibility index (Phi) is 8.86. The van der Waals surface area contributed by atoms with Gasteiger partial charge in [-0.2, -0.15) is 0 Å². The number of hydrogen-bond acceptors (Lipinski definition) is 5. The van der Waals surface area contributed by atoms with Crippen LogP contribution in [0.5, 0.6) is 0 Å². The van der Waals surface area contributed by atoms with Gasteiger partial charge in [0.1, 0.15) is 11.5 Å². The molecule has 0 aliphatic carbocycles. The Morgan fingerprint density at radius 3 is 2.46 bits per heavy atom. The van der Waals surface area contributed by atoms with Gasteiger partial charge in [0, 0.05) is 69.0 Å². The Morgan fingerprint density at radius 2 is 1.74 bits per heavy atom. The zero-order valence-electron chi connectivity index (χ0n) is 23.5. The molecule has 0 saturated carbocycles. The quantitative estimate of drug-likeness (QED) is 0.258. The smallest absolute Gasteiger partial charge is 0.321 e. The van der Waals surface area contributed by atoms with Crippen LogP contribution in [0.15, 0.2) is 72.9 Å². The molecule has 0 radical (unpaired) electrons. The molecule has 0 bridgehead atoms. The maximum atomic E-state index is 13.1. The van der Waals surface area contributed by atoms with Gasteiger partial charge in [-0.15, -0.1) is 0 Å². The van der Waals surface area contributed by atoms with Crippen molar-refractivity contribution in [3.63, 3.8) is 0 Å². The summed E-state index contributed by atoms with van der Waals surface area (Å²) in [5.74, 6) is 0.969. The third-order valence-corrected chi connectivity index (χ3v) is 6.99. The van der Waals surface area contributed by atoms with E-state index in [9.17, 15) is 4.79 Å². The largest absolute Gasteiger partial charge is 0.388 e. The number of anilines is 3. The van der Waals surface area contributed by atoms with Gasteiger partial charge in [-0.05, 0) is 55.3 Å². The Labute approximate surface area is 231 Å². The van der Waals surface area contributed by atoms with Crippen LogP contribution in [0.25, 0.3) is 5.52 Å². The number of amides is 2. The fourth-order valence-corrected chi connectivity index (χ4v) is 5.00. The summed E-state index contributed by atoms with van der Waals surface area (Å²) in [5, 5.41) is 15.2. The standard InChI is InChI=1S/C29H33N7O.C2H6/c1-31-24-11-5-4-10-23(24)26(30)27-25-12-6-7-18-36(25)28(33-27)20-9-8-17-35(19-20)29(37)32-21-13-15-22(16-14-21)34(2)3;1-2/h4-7,10-16,18,20,30-31H,8-9,17,19H2,1-3H3,(H,32,37);1-2H3. The normalized spacial score (nSPS) is 14.8. The molecule has 1 fully saturated rings. The van der Waals surface area contributed by atoms with Crippen molar-refractivity contribution in [2.24, 2.45) is 0 Å². The van der Waals surface area contributed by atoms with Crippen LogP contribution in [0.1, 0.15) is 49.7 Å². The van der Waals surface area contributed by atoms with Crippen LogP contribution >= 0.6 is 0 Å². The van der Waals surface area contributed by atoms with E-state index in [0.717, 1.165) is 46.8 Å². The number of imidazole rings is 1. The first-order valence-electron chi connectivity index (χ1n) is 13.6. The summed E-state index contributed by atoms with van der Waals surface area (Å²) < 4.78 is 2.08. The lowest BCUT2D eigenvalue weighted by molar-refractivity contribution is 0.191. The number of nitrogens with zero attached hydrogens (tertiary/aromatic N) is 4. The first-order chi connectivity index (χ1) is 19.0.